The topological polar surface area (TPSA) is 106 Å². The van der Waals surface area contributed by atoms with Crippen LogP contribution in [0.3, 0.4) is 0 Å². The first-order valence-corrected chi connectivity index (χ1v) is 8.73. The quantitative estimate of drug-likeness (QED) is 0.621. The van der Waals surface area contributed by atoms with Crippen LogP contribution in [0.1, 0.15) is 5.56 Å². The number of hydrogen-bond donors (Lipinski definition) is 3. The van der Waals surface area contributed by atoms with Crippen LogP contribution in [0.5, 0.6) is 0 Å². The van der Waals surface area contributed by atoms with Gasteiger partial charge in [-0.15, -0.1) is 5.10 Å². The molecule has 26 heavy (non-hydrogen) atoms. The summed E-state index contributed by atoms with van der Waals surface area (Å²) in [6, 6.07) is 8.11. The molecule has 4 rings (SSSR count). The second-order valence-electron chi connectivity index (χ2n) is 6.41. The first-order chi connectivity index (χ1) is 12.7. The van der Waals surface area contributed by atoms with Crippen molar-refractivity contribution in [3.63, 3.8) is 0 Å². The van der Waals surface area contributed by atoms with Gasteiger partial charge in [0.2, 0.25) is 11.6 Å². The summed E-state index contributed by atoms with van der Waals surface area (Å²) in [7, 11) is 0. The van der Waals surface area contributed by atoms with Crippen LogP contribution in [0.2, 0.25) is 0 Å². The summed E-state index contributed by atoms with van der Waals surface area (Å²) in [6.07, 6.45) is 0. The first kappa shape index (κ1) is 16.7. The summed E-state index contributed by atoms with van der Waals surface area (Å²) in [5, 5.41) is 23.4. The van der Waals surface area contributed by atoms with Gasteiger partial charge in [0.15, 0.2) is 11.3 Å². The van der Waals surface area contributed by atoms with Gasteiger partial charge in [0, 0.05) is 38.4 Å². The van der Waals surface area contributed by atoms with Crippen molar-refractivity contribution >= 4 is 28.6 Å². The third-order valence-electron chi connectivity index (χ3n) is 4.56. The number of anilines is 3. The highest BCUT2D eigenvalue weighted by molar-refractivity contribution is 5.85. The molecule has 0 radical (unpaired) electrons. The minimum Gasteiger partial charge on any atom is -0.395 e. The number of aliphatic hydroxyl groups excluding tert-OH is 1. The van der Waals surface area contributed by atoms with E-state index < -0.39 is 0 Å². The number of aryl methyl sites for hydroxylation is 1. The number of piperazine rings is 1. The molecule has 0 spiro atoms. The van der Waals surface area contributed by atoms with E-state index in [2.05, 4.69) is 42.4 Å². The third kappa shape index (κ3) is 3.44. The van der Waals surface area contributed by atoms with Crippen molar-refractivity contribution in [2.75, 3.05) is 49.5 Å². The van der Waals surface area contributed by atoms with Gasteiger partial charge < -0.3 is 15.3 Å². The molecule has 0 saturated carbocycles. The van der Waals surface area contributed by atoms with Crippen molar-refractivity contribution in [3.8, 4) is 0 Å². The number of rotatable bonds is 5. The summed E-state index contributed by atoms with van der Waals surface area (Å²) in [5.74, 6) is 1.28. The fourth-order valence-corrected chi connectivity index (χ4v) is 3.05. The zero-order valence-electron chi connectivity index (χ0n) is 14.7. The molecule has 3 aromatic rings. The molecule has 9 heteroatoms. The average molecular weight is 354 g/mol. The SMILES string of the molecule is Cc1ccc(Nc2nc(N3CCN(CCO)CC3)nc3n[nH]nc23)cc1. The molecule has 1 aliphatic heterocycles. The Bertz CT molecular complexity index is 870. The smallest absolute Gasteiger partial charge is 0.229 e. The van der Waals surface area contributed by atoms with E-state index in [1.165, 1.54) is 5.56 Å². The van der Waals surface area contributed by atoms with E-state index in [4.69, 9.17) is 10.1 Å². The zero-order valence-corrected chi connectivity index (χ0v) is 14.7. The van der Waals surface area contributed by atoms with E-state index in [-0.39, 0.29) is 6.61 Å². The maximum Gasteiger partial charge on any atom is 0.229 e. The number of aromatic amines is 1. The largest absolute Gasteiger partial charge is 0.395 e. The molecule has 0 amide bonds. The van der Waals surface area contributed by atoms with Crippen LogP contribution in [0, 0.1) is 6.92 Å². The second-order valence-corrected chi connectivity index (χ2v) is 6.41. The Morgan fingerprint density at radius 2 is 1.85 bits per heavy atom. The van der Waals surface area contributed by atoms with Crippen molar-refractivity contribution < 1.29 is 5.11 Å². The van der Waals surface area contributed by atoms with E-state index in [9.17, 15) is 0 Å². The summed E-state index contributed by atoms with van der Waals surface area (Å²) in [6.45, 7) is 6.33. The van der Waals surface area contributed by atoms with Gasteiger partial charge in [-0.3, -0.25) is 4.90 Å². The van der Waals surface area contributed by atoms with E-state index in [0.29, 0.717) is 29.5 Å². The molecule has 136 valence electrons. The fraction of sp³-hybridized carbons (Fsp3) is 0.412. The molecule has 1 aromatic carbocycles. The highest BCUT2D eigenvalue weighted by Gasteiger charge is 2.21. The molecule has 2 aromatic heterocycles. The number of H-pyrrole nitrogens is 1. The molecule has 0 unspecified atom stereocenters. The van der Waals surface area contributed by atoms with E-state index in [1.807, 2.05) is 24.3 Å². The Hall–Kier alpha value is -2.78. The van der Waals surface area contributed by atoms with Gasteiger partial charge in [-0.1, -0.05) is 17.7 Å². The molecule has 1 aliphatic rings. The molecule has 1 saturated heterocycles. The van der Waals surface area contributed by atoms with E-state index in [1.54, 1.807) is 0 Å². The molecule has 0 bridgehead atoms. The Morgan fingerprint density at radius 3 is 2.58 bits per heavy atom. The minimum atomic E-state index is 0.187. The van der Waals surface area contributed by atoms with Crippen LogP contribution in [0.4, 0.5) is 17.5 Å². The number of aliphatic hydroxyl groups is 1. The number of benzene rings is 1. The molecule has 0 aliphatic carbocycles. The summed E-state index contributed by atoms with van der Waals surface area (Å²) in [5.41, 5.74) is 3.30. The second kappa shape index (κ2) is 7.22. The molecular formula is C17H22N8O. The van der Waals surface area contributed by atoms with Crippen LogP contribution in [-0.4, -0.2) is 74.7 Å². The number of β-amino-alcohol motifs (C(OH)–C–C–N with tert-alkyl or cyclic N) is 1. The highest BCUT2D eigenvalue weighted by atomic mass is 16.3. The zero-order chi connectivity index (χ0) is 17.9. The third-order valence-corrected chi connectivity index (χ3v) is 4.56. The van der Waals surface area contributed by atoms with Gasteiger partial charge in [0.1, 0.15) is 0 Å². The summed E-state index contributed by atoms with van der Waals surface area (Å²) in [4.78, 5) is 13.6. The van der Waals surface area contributed by atoms with Crippen LogP contribution in [-0.2, 0) is 0 Å². The van der Waals surface area contributed by atoms with Gasteiger partial charge in [0.05, 0.1) is 6.61 Å². The molecule has 0 atom stereocenters. The Morgan fingerprint density at radius 1 is 1.08 bits per heavy atom. The fourth-order valence-electron chi connectivity index (χ4n) is 3.05. The Balaban J connectivity index is 1.59. The molecular weight excluding hydrogens is 332 g/mol. The minimum absolute atomic E-state index is 0.187. The standard InChI is InChI=1S/C17H22N8O/c1-12-2-4-13(5-3-12)18-15-14-16(22-23-21-14)20-17(19-15)25-8-6-24(7-9-25)10-11-26/h2-5,26H,6-11H2,1H3,(H2,18,19,20,21,22,23). The van der Waals surface area contributed by atoms with Gasteiger partial charge >= 0.3 is 0 Å². The predicted molar refractivity (Wildman–Crippen MR) is 99.7 cm³/mol. The van der Waals surface area contributed by atoms with Crippen molar-refractivity contribution in [1.29, 1.82) is 0 Å². The van der Waals surface area contributed by atoms with Crippen molar-refractivity contribution in [2.45, 2.75) is 6.92 Å². The van der Waals surface area contributed by atoms with Crippen molar-refractivity contribution in [2.24, 2.45) is 0 Å². The number of fused-ring (bicyclic) bond motifs is 1. The number of nitrogens with zero attached hydrogens (tertiary/aromatic N) is 6. The van der Waals surface area contributed by atoms with Crippen molar-refractivity contribution in [3.05, 3.63) is 29.8 Å². The maximum absolute atomic E-state index is 9.08. The molecule has 3 heterocycles. The lowest BCUT2D eigenvalue weighted by Gasteiger charge is -2.34. The van der Waals surface area contributed by atoms with Gasteiger partial charge in [-0.2, -0.15) is 20.3 Å². The van der Waals surface area contributed by atoms with Gasteiger partial charge in [-0.25, -0.2) is 0 Å². The molecule has 1 fully saturated rings. The number of aromatic nitrogens is 5. The van der Waals surface area contributed by atoms with Crippen LogP contribution in [0.15, 0.2) is 24.3 Å². The highest BCUT2D eigenvalue weighted by Crippen LogP contribution is 2.24. The van der Waals surface area contributed by atoms with Crippen molar-refractivity contribution in [1.82, 2.24) is 30.3 Å². The van der Waals surface area contributed by atoms with Crippen LogP contribution in [0.25, 0.3) is 11.2 Å². The predicted octanol–water partition coefficient (Wildman–Crippen LogP) is 0.914. The Labute approximate surface area is 151 Å². The maximum atomic E-state index is 9.08. The Kier molecular flexibility index (Phi) is 4.63. The lowest BCUT2D eigenvalue weighted by Crippen LogP contribution is -2.47. The monoisotopic (exact) mass is 354 g/mol. The van der Waals surface area contributed by atoms with E-state index >= 15 is 0 Å². The average Bonchev–Trinajstić information content (AvgIpc) is 3.13. The lowest BCUT2D eigenvalue weighted by molar-refractivity contribution is 0.188. The normalized spacial score (nSPS) is 15.5. The van der Waals surface area contributed by atoms with Crippen LogP contribution < -0.4 is 10.2 Å². The van der Waals surface area contributed by atoms with Gasteiger partial charge in [0.25, 0.3) is 0 Å². The van der Waals surface area contributed by atoms with Crippen LogP contribution >= 0.6 is 0 Å². The van der Waals surface area contributed by atoms with E-state index in [0.717, 1.165) is 31.9 Å². The number of nitrogens with one attached hydrogen (secondary N) is 2. The lowest BCUT2D eigenvalue weighted by atomic mass is 10.2. The molecule has 3 N–H and O–H groups in total. The number of hydrogen-bond acceptors (Lipinski definition) is 8. The van der Waals surface area contributed by atoms with Gasteiger partial charge in [-0.05, 0) is 19.1 Å². The molecule has 9 nitrogen and oxygen atoms in total. The summed E-state index contributed by atoms with van der Waals surface area (Å²) < 4.78 is 0. The summed E-state index contributed by atoms with van der Waals surface area (Å²) >= 11 is 0. The first-order valence-electron chi connectivity index (χ1n) is 8.73.